The summed E-state index contributed by atoms with van der Waals surface area (Å²) in [6.07, 6.45) is 0.980. The minimum absolute atomic E-state index is 0.498. The van der Waals surface area contributed by atoms with Crippen molar-refractivity contribution in [3.05, 3.63) is 40.0 Å². The summed E-state index contributed by atoms with van der Waals surface area (Å²) in [6.45, 7) is 9.67. The van der Waals surface area contributed by atoms with E-state index in [-0.39, 0.29) is 0 Å². The van der Waals surface area contributed by atoms with Gasteiger partial charge in [-0.05, 0) is 43.0 Å². The minimum atomic E-state index is 0.498. The number of halogens is 1. The molecule has 0 amide bonds. The van der Waals surface area contributed by atoms with Crippen LogP contribution >= 0.6 is 15.9 Å². The van der Waals surface area contributed by atoms with Crippen molar-refractivity contribution >= 4 is 15.9 Å². The summed E-state index contributed by atoms with van der Waals surface area (Å²) in [6, 6.07) is 8.75. The second kappa shape index (κ2) is 5.91. The SMILES string of the molecule is CCc1cc(-c2ccc(Br)cc2C(C)C)n(CC)n1. The Hall–Kier alpha value is -1.09. The summed E-state index contributed by atoms with van der Waals surface area (Å²) < 4.78 is 3.24. The fraction of sp³-hybridized carbons (Fsp3) is 0.438. The van der Waals surface area contributed by atoms with E-state index in [4.69, 9.17) is 0 Å². The highest BCUT2D eigenvalue weighted by Crippen LogP contribution is 2.32. The Kier molecular flexibility index (Phi) is 4.46. The molecule has 0 aliphatic carbocycles. The van der Waals surface area contributed by atoms with Crippen LogP contribution in [0, 0.1) is 0 Å². The quantitative estimate of drug-likeness (QED) is 0.773. The summed E-state index contributed by atoms with van der Waals surface area (Å²) >= 11 is 3.57. The summed E-state index contributed by atoms with van der Waals surface area (Å²) in [5.41, 5.74) is 5.06. The molecule has 0 atom stereocenters. The van der Waals surface area contributed by atoms with Crippen LogP contribution in [0.1, 0.15) is 44.9 Å². The van der Waals surface area contributed by atoms with Crippen LogP contribution < -0.4 is 0 Å². The number of hydrogen-bond acceptors (Lipinski definition) is 1. The molecule has 0 aliphatic rings. The lowest BCUT2D eigenvalue weighted by Crippen LogP contribution is -2.02. The van der Waals surface area contributed by atoms with E-state index in [2.05, 4.69) is 77.7 Å². The van der Waals surface area contributed by atoms with E-state index in [1.807, 2.05) is 0 Å². The van der Waals surface area contributed by atoms with Crippen molar-refractivity contribution in [3.63, 3.8) is 0 Å². The summed E-state index contributed by atoms with van der Waals surface area (Å²) in [7, 11) is 0. The molecule has 1 aromatic carbocycles. The number of nitrogens with zero attached hydrogens (tertiary/aromatic N) is 2. The average Bonchev–Trinajstić information content (AvgIpc) is 2.81. The highest BCUT2D eigenvalue weighted by Gasteiger charge is 2.14. The third kappa shape index (κ3) is 2.92. The van der Waals surface area contributed by atoms with Gasteiger partial charge in [0.2, 0.25) is 0 Å². The molecule has 3 heteroatoms. The molecule has 2 aromatic rings. The summed E-state index contributed by atoms with van der Waals surface area (Å²) in [4.78, 5) is 0. The Labute approximate surface area is 124 Å². The third-order valence-electron chi connectivity index (χ3n) is 3.40. The molecule has 2 rings (SSSR count). The first-order chi connectivity index (χ1) is 9.06. The van der Waals surface area contributed by atoms with Gasteiger partial charge in [0, 0.05) is 16.6 Å². The molecule has 0 unspecified atom stereocenters. The van der Waals surface area contributed by atoms with Gasteiger partial charge in [-0.1, -0.05) is 42.8 Å². The lowest BCUT2D eigenvalue weighted by molar-refractivity contribution is 0.654. The summed E-state index contributed by atoms with van der Waals surface area (Å²) in [5.74, 6) is 0.498. The van der Waals surface area contributed by atoms with Crippen LogP contribution in [-0.2, 0) is 13.0 Å². The topological polar surface area (TPSA) is 17.8 Å². The maximum absolute atomic E-state index is 4.65. The van der Waals surface area contributed by atoms with E-state index in [1.54, 1.807) is 0 Å². The molecule has 1 aromatic heterocycles. The van der Waals surface area contributed by atoms with Crippen LogP contribution in [0.2, 0.25) is 0 Å². The molecule has 1 heterocycles. The first-order valence-corrected chi connectivity index (χ1v) is 7.72. The fourth-order valence-corrected chi connectivity index (χ4v) is 2.72. The highest BCUT2D eigenvalue weighted by molar-refractivity contribution is 9.10. The zero-order valence-electron chi connectivity index (χ0n) is 12.1. The van der Waals surface area contributed by atoms with Crippen LogP contribution in [-0.4, -0.2) is 9.78 Å². The Morgan fingerprint density at radius 1 is 1.21 bits per heavy atom. The van der Waals surface area contributed by atoms with Crippen molar-refractivity contribution in [1.82, 2.24) is 9.78 Å². The molecule has 0 N–H and O–H groups in total. The molecule has 0 fully saturated rings. The van der Waals surface area contributed by atoms with Crippen molar-refractivity contribution in [2.75, 3.05) is 0 Å². The molecule has 0 spiro atoms. The monoisotopic (exact) mass is 320 g/mol. The Morgan fingerprint density at radius 2 is 1.95 bits per heavy atom. The highest BCUT2D eigenvalue weighted by atomic mass is 79.9. The summed E-state index contributed by atoms with van der Waals surface area (Å²) in [5, 5.41) is 4.65. The molecule has 0 bridgehead atoms. The average molecular weight is 321 g/mol. The van der Waals surface area contributed by atoms with Gasteiger partial charge in [0.05, 0.1) is 11.4 Å². The molecule has 19 heavy (non-hydrogen) atoms. The van der Waals surface area contributed by atoms with Crippen molar-refractivity contribution < 1.29 is 0 Å². The lowest BCUT2D eigenvalue weighted by Gasteiger charge is -2.14. The number of benzene rings is 1. The first-order valence-electron chi connectivity index (χ1n) is 6.93. The smallest absolute Gasteiger partial charge is 0.0687 e. The molecule has 102 valence electrons. The number of aryl methyl sites for hydroxylation is 2. The van der Waals surface area contributed by atoms with Crippen LogP contribution in [0.15, 0.2) is 28.7 Å². The van der Waals surface area contributed by atoms with Crippen molar-refractivity contribution in [1.29, 1.82) is 0 Å². The standard InChI is InChI=1S/C16H21BrN2/c1-5-13-10-16(19(6-2)18-13)14-8-7-12(17)9-15(14)11(3)4/h7-11H,5-6H2,1-4H3. The number of hydrogen-bond donors (Lipinski definition) is 0. The van der Waals surface area contributed by atoms with Crippen molar-refractivity contribution in [3.8, 4) is 11.3 Å². The molecule has 0 saturated carbocycles. The normalized spacial score (nSPS) is 11.3. The molecule has 0 radical (unpaired) electrons. The number of aromatic nitrogens is 2. The Bertz CT molecular complexity index is 570. The Balaban J connectivity index is 2.60. The van der Waals surface area contributed by atoms with Crippen molar-refractivity contribution in [2.45, 2.75) is 46.6 Å². The molecule has 0 saturated heterocycles. The largest absolute Gasteiger partial charge is 0.265 e. The van der Waals surface area contributed by atoms with Crippen LogP contribution in [0.4, 0.5) is 0 Å². The second-order valence-corrected chi connectivity index (χ2v) is 5.99. The maximum Gasteiger partial charge on any atom is 0.0687 e. The molecular weight excluding hydrogens is 300 g/mol. The van der Waals surface area contributed by atoms with Gasteiger partial charge in [-0.15, -0.1) is 0 Å². The number of rotatable bonds is 4. The van der Waals surface area contributed by atoms with Crippen LogP contribution in [0.5, 0.6) is 0 Å². The van der Waals surface area contributed by atoms with Crippen molar-refractivity contribution in [2.24, 2.45) is 0 Å². The van der Waals surface area contributed by atoms with Gasteiger partial charge >= 0.3 is 0 Å². The zero-order valence-corrected chi connectivity index (χ0v) is 13.7. The predicted molar refractivity (Wildman–Crippen MR) is 84.5 cm³/mol. The fourth-order valence-electron chi connectivity index (χ4n) is 2.35. The van der Waals surface area contributed by atoms with E-state index in [0.717, 1.165) is 23.1 Å². The molecule has 2 nitrogen and oxygen atoms in total. The predicted octanol–water partition coefficient (Wildman–Crippen LogP) is 5.02. The zero-order chi connectivity index (χ0) is 14.0. The first kappa shape index (κ1) is 14.3. The maximum atomic E-state index is 4.65. The van der Waals surface area contributed by atoms with E-state index < -0.39 is 0 Å². The van der Waals surface area contributed by atoms with Gasteiger partial charge in [0.25, 0.3) is 0 Å². The molecule has 0 aliphatic heterocycles. The van der Waals surface area contributed by atoms with E-state index in [1.165, 1.54) is 16.8 Å². The van der Waals surface area contributed by atoms with Crippen LogP contribution in [0.3, 0.4) is 0 Å². The molecular formula is C16H21BrN2. The minimum Gasteiger partial charge on any atom is -0.265 e. The van der Waals surface area contributed by atoms with Gasteiger partial charge in [0.15, 0.2) is 0 Å². The van der Waals surface area contributed by atoms with Crippen LogP contribution in [0.25, 0.3) is 11.3 Å². The third-order valence-corrected chi connectivity index (χ3v) is 3.90. The van der Waals surface area contributed by atoms with Gasteiger partial charge in [-0.25, -0.2) is 0 Å². The Morgan fingerprint density at radius 3 is 2.53 bits per heavy atom. The van der Waals surface area contributed by atoms with Gasteiger partial charge < -0.3 is 0 Å². The van der Waals surface area contributed by atoms with Gasteiger partial charge in [-0.3, -0.25) is 4.68 Å². The lowest BCUT2D eigenvalue weighted by atomic mass is 9.95. The van der Waals surface area contributed by atoms with Gasteiger partial charge in [0.1, 0.15) is 0 Å². The van der Waals surface area contributed by atoms with E-state index in [9.17, 15) is 0 Å². The van der Waals surface area contributed by atoms with Gasteiger partial charge in [-0.2, -0.15) is 5.10 Å². The second-order valence-electron chi connectivity index (χ2n) is 5.08. The van der Waals surface area contributed by atoms with E-state index in [0.29, 0.717) is 5.92 Å². The van der Waals surface area contributed by atoms with E-state index >= 15 is 0 Å².